The summed E-state index contributed by atoms with van der Waals surface area (Å²) < 4.78 is 12.9. The molecule has 0 unspecified atom stereocenters. The lowest BCUT2D eigenvalue weighted by atomic mass is 9.70. The van der Waals surface area contributed by atoms with Crippen molar-refractivity contribution in [1.82, 2.24) is 0 Å². The molecule has 2 rings (SSSR count). The van der Waals surface area contributed by atoms with Gasteiger partial charge in [0.05, 0.1) is 0 Å². The summed E-state index contributed by atoms with van der Waals surface area (Å²) >= 11 is 0. The van der Waals surface area contributed by atoms with Crippen molar-refractivity contribution in [3.8, 4) is 0 Å². The lowest BCUT2D eigenvalue weighted by Crippen LogP contribution is -2.31. The van der Waals surface area contributed by atoms with Crippen LogP contribution in [0.4, 0.5) is 4.39 Å². The smallest absolute Gasteiger partial charge is 0.123 e. The fourth-order valence-corrected chi connectivity index (χ4v) is 2.98. The third-order valence-electron chi connectivity index (χ3n) is 3.96. The molecule has 1 fully saturated rings. The van der Waals surface area contributed by atoms with Gasteiger partial charge in [0, 0.05) is 13.2 Å². The standard InChI is InChI=1S/C14H19FO2/c15-12-6-4-10(5-7-12)13-3-1-2-11(8-16)14(13)9-17/h4-7,11,13-14,16-17H,1-3,8-9H2/t11-,13+,14-/m1/s1. The Balaban J connectivity index is 2.20. The summed E-state index contributed by atoms with van der Waals surface area (Å²) in [5.41, 5.74) is 1.07. The molecule has 0 saturated heterocycles. The van der Waals surface area contributed by atoms with Crippen molar-refractivity contribution in [1.29, 1.82) is 0 Å². The van der Waals surface area contributed by atoms with Gasteiger partial charge in [0.1, 0.15) is 5.82 Å². The average Bonchev–Trinajstić information content (AvgIpc) is 2.38. The molecular formula is C14H19FO2. The van der Waals surface area contributed by atoms with E-state index in [0.29, 0.717) is 0 Å². The summed E-state index contributed by atoms with van der Waals surface area (Å²) in [6.45, 7) is 0.218. The van der Waals surface area contributed by atoms with E-state index in [1.165, 1.54) is 12.1 Å². The molecule has 1 aliphatic rings. The SMILES string of the molecule is OC[C@H]1CCC[C@@H](c2ccc(F)cc2)[C@@H]1CO. The van der Waals surface area contributed by atoms with Gasteiger partial charge in [0.25, 0.3) is 0 Å². The highest BCUT2D eigenvalue weighted by Gasteiger charge is 2.33. The number of aliphatic hydroxyl groups excluding tert-OH is 2. The fourth-order valence-electron chi connectivity index (χ4n) is 2.98. The third kappa shape index (κ3) is 2.67. The Morgan fingerprint density at radius 3 is 2.35 bits per heavy atom. The summed E-state index contributed by atoms with van der Waals surface area (Å²) in [7, 11) is 0. The second-order valence-electron chi connectivity index (χ2n) is 4.88. The zero-order valence-corrected chi connectivity index (χ0v) is 9.85. The fraction of sp³-hybridized carbons (Fsp3) is 0.571. The monoisotopic (exact) mass is 238 g/mol. The second kappa shape index (κ2) is 5.61. The molecule has 1 aliphatic carbocycles. The van der Waals surface area contributed by atoms with E-state index in [4.69, 9.17) is 0 Å². The first-order chi connectivity index (χ1) is 8.26. The topological polar surface area (TPSA) is 40.5 Å². The summed E-state index contributed by atoms with van der Waals surface area (Å²) in [4.78, 5) is 0. The van der Waals surface area contributed by atoms with Crippen LogP contribution in [-0.2, 0) is 0 Å². The number of hydrogen-bond acceptors (Lipinski definition) is 2. The van der Waals surface area contributed by atoms with Crippen LogP contribution in [0.15, 0.2) is 24.3 Å². The maximum absolute atomic E-state index is 12.9. The Labute approximate surface area is 101 Å². The first-order valence-corrected chi connectivity index (χ1v) is 6.23. The molecule has 0 aromatic heterocycles. The highest BCUT2D eigenvalue weighted by molar-refractivity contribution is 5.22. The molecule has 1 aromatic carbocycles. The third-order valence-corrected chi connectivity index (χ3v) is 3.96. The zero-order valence-electron chi connectivity index (χ0n) is 9.85. The van der Waals surface area contributed by atoms with E-state index in [1.807, 2.05) is 0 Å². The predicted molar refractivity (Wildman–Crippen MR) is 64.1 cm³/mol. The number of rotatable bonds is 3. The van der Waals surface area contributed by atoms with Crippen molar-refractivity contribution in [3.63, 3.8) is 0 Å². The minimum Gasteiger partial charge on any atom is -0.396 e. The Kier molecular flexibility index (Phi) is 4.13. The molecule has 0 spiro atoms. The minimum atomic E-state index is -0.233. The molecule has 3 heteroatoms. The van der Waals surface area contributed by atoms with Crippen LogP contribution in [-0.4, -0.2) is 23.4 Å². The summed E-state index contributed by atoms with van der Waals surface area (Å²) in [6.07, 6.45) is 3.04. The molecule has 0 radical (unpaired) electrons. The largest absolute Gasteiger partial charge is 0.396 e. The zero-order chi connectivity index (χ0) is 12.3. The lowest BCUT2D eigenvalue weighted by molar-refractivity contribution is 0.0710. The highest BCUT2D eigenvalue weighted by Crippen LogP contribution is 2.40. The quantitative estimate of drug-likeness (QED) is 0.848. The minimum absolute atomic E-state index is 0.0905. The van der Waals surface area contributed by atoms with E-state index >= 15 is 0 Å². The molecule has 94 valence electrons. The summed E-state index contributed by atoms with van der Waals surface area (Å²) in [5.74, 6) is 0.276. The lowest BCUT2D eigenvalue weighted by Gasteiger charge is -2.36. The van der Waals surface area contributed by atoms with E-state index < -0.39 is 0 Å². The van der Waals surface area contributed by atoms with Gasteiger partial charge >= 0.3 is 0 Å². The molecule has 1 saturated carbocycles. The van der Waals surface area contributed by atoms with Gasteiger partial charge in [-0.15, -0.1) is 0 Å². The van der Waals surface area contributed by atoms with Gasteiger partial charge in [0.15, 0.2) is 0 Å². The van der Waals surface area contributed by atoms with Crippen molar-refractivity contribution < 1.29 is 14.6 Å². The van der Waals surface area contributed by atoms with Crippen molar-refractivity contribution in [3.05, 3.63) is 35.6 Å². The van der Waals surface area contributed by atoms with E-state index in [9.17, 15) is 14.6 Å². The second-order valence-corrected chi connectivity index (χ2v) is 4.88. The van der Waals surface area contributed by atoms with E-state index in [0.717, 1.165) is 24.8 Å². The number of hydrogen-bond donors (Lipinski definition) is 2. The highest BCUT2D eigenvalue weighted by atomic mass is 19.1. The number of benzene rings is 1. The maximum Gasteiger partial charge on any atom is 0.123 e. The molecule has 2 nitrogen and oxygen atoms in total. The predicted octanol–water partition coefficient (Wildman–Crippen LogP) is 2.31. The molecular weight excluding hydrogens is 219 g/mol. The molecule has 0 amide bonds. The molecule has 2 N–H and O–H groups in total. The van der Waals surface area contributed by atoms with Crippen LogP contribution in [0, 0.1) is 17.7 Å². The molecule has 3 atom stereocenters. The summed E-state index contributed by atoms with van der Waals surface area (Å²) in [5, 5.41) is 18.8. The molecule has 0 heterocycles. The van der Waals surface area contributed by atoms with Gasteiger partial charge < -0.3 is 10.2 Å². The summed E-state index contributed by atoms with van der Waals surface area (Å²) in [6, 6.07) is 6.52. The molecule has 0 aliphatic heterocycles. The van der Waals surface area contributed by atoms with Crippen molar-refractivity contribution >= 4 is 0 Å². The first-order valence-electron chi connectivity index (χ1n) is 6.23. The van der Waals surface area contributed by atoms with Crippen molar-refractivity contribution in [2.75, 3.05) is 13.2 Å². The van der Waals surface area contributed by atoms with Crippen LogP contribution in [0.5, 0.6) is 0 Å². The van der Waals surface area contributed by atoms with Gasteiger partial charge in [-0.25, -0.2) is 4.39 Å². The van der Waals surface area contributed by atoms with Crippen molar-refractivity contribution in [2.24, 2.45) is 11.8 Å². The van der Waals surface area contributed by atoms with Crippen molar-refractivity contribution in [2.45, 2.75) is 25.2 Å². The Bertz CT molecular complexity index is 350. The molecule has 1 aromatic rings. The van der Waals surface area contributed by atoms with Gasteiger partial charge in [-0.2, -0.15) is 0 Å². The van der Waals surface area contributed by atoms with Crippen LogP contribution >= 0.6 is 0 Å². The Morgan fingerprint density at radius 1 is 1.06 bits per heavy atom. The van der Waals surface area contributed by atoms with Gasteiger partial charge in [-0.05, 0) is 48.3 Å². The van der Waals surface area contributed by atoms with E-state index in [2.05, 4.69) is 0 Å². The number of aliphatic hydroxyl groups is 2. The van der Waals surface area contributed by atoms with E-state index in [1.54, 1.807) is 12.1 Å². The average molecular weight is 238 g/mol. The van der Waals surface area contributed by atoms with Gasteiger partial charge in [-0.3, -0.25) is 0 Å². The maximum atomic E-state index is 12.9. The first kappa shape index (κ1) is 12.5. The van der Waals surface area contributed by atoms with Gasteiger partial charge in [0.2, 0.25) is 0 Å². The number of halogens is 1. The molecule has 0 bridgehead atoms. The van der Waals surface area contributed by atoms with Crippen LogP contribution in [0.1, 0.15) is 30.7 Å². The Hall–Kier alpha value is -0.930. The van der Waals surface area contributed by atoms with Gasteiger partial charge in [-0.1, -0.05) is 18.6 Å². The van der Waals surface area contributed by atoms with Crippen LogP contribution in [0.25, 0.3) is 0 Å². The van der Waals surface area contributed by atoms with Crippen LogP contribution in [0.2, 0.25) is 0 Å². The normalized spacial score (nSPS) is 29.2. The Morgan fingerprint density at radius 2 is 1.76 bits per heavy atom. The molecule has 17 heavy (non-hydrogen) atoms. The van der Waals surface area contributed by atoms with Crippen LogP contribution < -0.4 is 0 Å². The van der Waals surface area contributed by atoms with Crippen LogP contribution in [0.3, 0.4) is 0 Å². The van der Waals surface area contributed by atoms with E-state index in [-0.39, 0.29) is 36.8 Å².